The van der Waals surface area contributed by atoms with Gasteiger partial charge in [-0.05, 0) is 18.6 Å². The molecule has 2 N–H and O–H groups in total. The Kier molecular flexibility index (Phi) is 5.97. The molecule has 1 fully saturated rings. The van der Waals surface area contributed by atoms with Crippen molar-refractivity contribution in [3.8, 4) is 0 Å². The monoisotopic (exact) mass is 313 g/mol. The summed E-state index contributed by atoms with van der Waals surface area (Å²) in [4.78, 5) is 10.9. The number of nitrogens with zero attached hydrogens (tertiary/aromatic N) is 3. The van der Waals surface area contributed by atoms with Crippen LogP contribution in [0.5, 0.6) is 0 Å². The van der Waals surface area contributed by atoms with Gasteiger partial charge in [-0.3, -0.25) is 4.99 Å². The van der Waals surface area contributed by atoms with Crippen LogP contribution >= 0.6 is 23.1 Å². The second-order valence-corrected chi connectivity index (χ2v) is 6.99. The van der Waals surface area contributed by atoms with Crippen LogP contribution in [0.2, 0.25) is 0 Å². The van der Waals surface area contributed by atoms with E-state index in [1.807, 2.05) is 37.8 Å². The molecule has 0 amide bonds. The van der Waals surface area contributed by atoms with Crippen LogP contribution in [0.25, 0.3) is 0 Å². The number of rotatable bonds is 4. The Morgan fingerprint density at radius 1 is 1.55 bits per heavy atom. The van der Waals surface area contributed by atoms with Crippen LogP contribution in [-0.4, -0.2) is 49.6 Å². The molecule has 0 aliphatic carbocycles. The summed E-state index contributed by atoms with van der Waals surface area (Å²) in [7, 11) is 5.84. The van der Waals surface area contributed by atoms with Crippen molar-refractivity contribution in [3.63, 3.8) is 0 Å². The highest BCUT2D eigenvalue weighted by Crippen LogP contribution is 2.18. The van der Waals surface area contributed by atoms with E-state index in [9.17, 15) is 0 Å². The molecule has 1 unspecified atom stereocenters. The molecule has 2 rings (SSSR count). The summed E-state index contributed by atoms with van der Waals surface area (Å²) >= 11 is 3.68. The predicted molar refractivity (Wildman–Crippen MR) is 90.1 cm³/mol. The number of nitrogens with one attached hydrogen (secondary N) is 2. The van der Waals surface area contributed by atoms with Crippen LogP contribution in [0.4, 0.5) is 5.13 Å². The van der Waals surface area contributed by atoms with Gasteiger partial charge >= 0.3 is 0 Å². The number of aromatic nitrogens is 1. The number of anilines is 1. The molecule has 1 saturated heterocycles. The maximum atomic E-state index is 4.56. The molecule has 0 saturated carbocycles. The smallest absolute Gasteiger partial charge is 0.191 e. The normalized spacial score (nSPS) is 19.8. The largest absolute Gasteiger partial charge is 0.354 e. The maximum Gasteiger partial charge on any atom is 0.191 e. The van der Waals surface area contributed by atoms with E-state index in [2.05, 4.69) is 26.0 Å². The second kappa shape index (κ2) is 7.73. The number of thioether (sulfide) groups is 1. The van der Waals surface area contributed by atoms with Gasteiger partial charge in [-0.15, -0.1) is 11.3 Å². The fourth-order valence-corrected chi connectivity index (χ4v) is 3.83. The van der Waals surface area contributed by atoms with Gasteiger partial charge in [0.05, 0.1) is 12.2 Å². The SMILES string of the molecule is CN=C(NCc1csc(N(C)C)n1)NC1CCCSC1. The average molecular weight is 313 g/mol. The topological polar surface area (TPSA) is 52.6 Å². The van der Waals surface area contributed by atoms with E-state index >= 15 is 0 Å². The summed E-state index contributed by atoms with van der Waals surface area (Å²) in [6.45, 7) is 0.712. The van der Waals surface area contributed by atoms with E-state index in [4.69, 9.17) is 0 Å². The van der Waals surface area contributed by atoms with Gasteiger partial charge in [0, 0.05) is 38.3 Å². The molecule has 1 aromatic heterocycles. The maximum absolute atomic E-state index is 4.56. The van der Waals surface area contributed by atoms with E-state index in [1.54, 1.807) is 11.3 Å². The molecule has 1 aromatic rings. The third kappa shape index (κ3) is 4.56. The molecule has 112 valence electrons. The van der Waals surface area contributed by atoms with Gasteiger partial charge in [0.2, 0.25) is 0 Å². The second-order valence-electron chi connectivity index (χ2n) is 5.00. The summed E-state index contributed by atoms with van der Waals surface area (Å²) in [5.41, 5.74) is 1.06. The van der Waals surface area contributed by atoms with Crippen LogP contribution in [0.1, 0.15) is 18.5 Å². The van der Waals surface area contributed by atoms with E-state index in [0.29, 0.717) is 12.6 Å². The molecule has 5 nitrogen and oxygen atoms in total. The zero-order chi connectivity index (χ0) is 14.4. The highest BCUT2D eigenvalue weighted by atomic mass is 32.2. The van der Waals surface area contributed by atoms with Gasteiger partial charge in [-0.2, -0.15) is 11.8 Å². The molecule has 1 aliphatic rings. The Morgan fingerprint density at radius 3 is 3.00 bits per heavy atom. The first-order valence-corrected chi connectivity index (χ1v) is 8.89. The van der Waals surface area contributed by atoms with Crippen molar-refractivity contribution in [2.24, 2.45) is 4.99 Å². The zero-order valence-corrected chi connectivity index (χ0v) is 14.0. The first kappa shape index (κ1) is 15.4. The average Bonchev–Trinajstić information content (AvgIpc) is 2.93. The third-order valence-corrected chi connectivity index (χ3v) is 5.36. The van der Waals surface area contributed by atoms with Crippen molar-refractivity contribution in [2.75, 3.05) is 37.5 Å². The molecule has 7 heteroatoms. The molecule has 0 spiro atoms. The zero-order valence-electron chi connectivity index (χ0n) is 12.3. The summed E-state index contributed by atoms with van der Waals surface area (Å²) in [6, 6.07) is 0.535. The van der Waals surface area contributed by atoms with E-state index in [-0.39, 0.29) is 0 Å². The standard InChI is InChI=1S/C13H23N5S2/c1-14-12(16-10-5-4-6-19-8-10)15-7-11-9-20-13(17-11)18(2)3/h9-10H,4-8H2,1-3H3,(H2,14,15,16). The Morgan fingerprint density at radius 2 is 2.40 bits per heavy atom. The molecule has 0 aromatic carbocycles. The number of guanidine groups is 1. The lowest BCUT2D eigenvalue weighted by Crippen LogP contribution is -2.45. The van der Waals surface area contributed by atoms with Crippen LogP contribution in [0.3, 0.4) is 0 Å². The van der Waals surface area contributed by atoms with Crippen molar-refractivity contribution in [1.82, 2.24) is 15.6 Å². The molecule has 1 atom stereocenters. The van der Waals surface area contributed by atoms with Crippen LogP contribution in [0, 0.1) is 0 Å². The molecule has 0 bridgehead atoms. The van der Waals surface area contributed by atoms with Crippen molar-refractivity contribution in [1.29, 1.82) is 0 Å². The van der Waals surface area contributed by atoms with Crippen LogP contribution in [0.15, 0.2) is 10.4 Å². The van der Waals surface area contributed by atoms with Gasteiger partial charge < -0.3 is 15.5 Å². The Balaban J connectivity index is 1.80. The summed E-state index contributed by atoms with van der Waals surface area (Å²) in [5.74, 6) is 3.33. The number of hydrogen-bond donors (Lipinski definition) is 2. The van der Waals surface area contributed by atoms with Gasteiger partial charge in [0.15, 0.2) is 11.1 Å². The summed E-state index contributed by atoms with van der Waals surface area (Å²) in [5, 5.41) is 9.95. The van der Waals surface area contributed by atoms with Crippen molar-refractivity contribution < 1.29 is 0 Å². The molecule has 1 aliphatic heterocycles. The highest BCUT2D eigenvalue weighted by Gasteiger charge is 2.14. The molecule has 2 heterocycles. The predicted octanol–water partition coefficient (Wildman–Crippen LogP) is 1.77. The Hall–Kier alpha value is -0.950. The molecule has 0 radical (unpaired) electrons. The minimum Gasteiger partial charge on any atom is -0.354 e. The third-order valence-electron chi connectivity index (χ3n) is 3.08. The van der Waals surface area contributed by atoms with Gasteiger partial charge in [0.1, 0.15) is 0 Å². The van der Waals surface area contributed by atoms with Gasteiger partial charge in [-0.25, -0.2) is 4.98 Å². The quantitative estimate of drug-likeness (QED) is 0.655. The van der Waals surface area contributed by atoms with Crippen LogP contribution in [-0.2, 0) is 6.54 Å². The lowest BCUT2D eigenvalue weighted by Gasteiger charge is -2.24. The minimum atomic E-state index is 0.535. The van der Waals surface area contributed by atoms with Crippen molar-refractivity contribution >= 4 is 34.2 Å². The fourth-order valence-electron chi connectivity index (χ4n) is 2.00. The first-order valence-electron chi connectivity index (χ1n) is 6.85. The first-order chi connectivity index (χ1) is 9.69. The molecular formula is C13H23N5S2. The van der Waals surface area contributed by atoms with Gasteiger partial charge in [-0.1, -0.05) is 0 Å². The van der Waals surface area contributed by atoms with E-state index in [0.717, 1.165) is 16.8 Å². The number of thiazole rings is 1. The molecule has 20 heavy (non-hydrogen) atoms. The van der Waals surface area contributed by atoms with E-state index < -0.39 is 0 Å². The van der Waals surface area contributed by atoms with Crippen LogP contribution < -0.4 is 15.5 Å². The number of aliphatic imine (C=N–C) groups is 1. The Bertz CT molecular complexity index is 438. The van der Waals surface area contributed by atoms with Crippen molar-refractivity contribution in [2.45, 2.75) is 25.4 Å². The minimum absolute atomic E-state index is 0.535. The summed E-state index contributed by atoms with van der Waals surface area (Å²) in [6.07, 6.45) is 2.52. The lowest BCUT2D eigenvalue weighted by atomic mass is 10.2. The lowest BCUT2D eigenvalue weighted by molar-refractivity contribution is 0.581. The Labute approximate surface area is 129 Å². The summed E-state index contributed by atoms with van der Waals surface area (Å²) < 4.78 is 0. The fraction of sp³-hybridized carbons (Fsp3) is 0.692. The van der Waals surface area contributed by atoms with Crippen molar-refractivity contribution in [3.05, 3.63) is 11.1 Å². The highest BCUT2D eigenvalue weighted by molar-refractivity contribution is 7.99. The number of hydrogen-bond acceptors (Lipinski definition) is 5. The molecular weight excluding hydrogens is 290 g/mol. The van der Waals surface area contributed by atoms with Gasteiger partial charge in [0.25, 0.3) is 0 Å². The van der Waals surface area contributed by atoms with E-state index in [1.165, 1.54) is 24.3 Å².